The number of nitrogens with zero attached hydrogens (tertiary/aromatic N) is 3. The maximum absolute atomic E-state index is 12.1. The minimum atomic E-state index is -0.0156. The lowest BCUT2D eigenvalue weighted by molar-refractivity contribution is -0.120. The lowest BCUT2D eigenvalue weighted by Crippen LogP contribution is -2.38. The summed E-state index contributed by atoms with van der Waals surface area (Å²) in [6, 6.07) is 0. The molecule has 2 heterocycles. The molecule has 0 atom stereocenters. The van der Waals surface area contributed by atoms with Gasteiger partial charge in [0.25, 0.3) is 5.91 Å². The molecular weight excluding hydrogens is 206 g/mol. The van der Waals surface area contributed by atoms with Gasteiger partial charge < -0.3 is 4.90 Å². The third kappa shape index (κ3) is 1.98. The first kappa shape index (κ1) is 10.9. The molecule has 86 valence electrons. The quantitative estimate of drug-likeness (QED) is 0.695. The highest BCUT2D eigenvalue weighted by molar-refractivity contribution is 5.96. The first-order valence-corrected chi connectivity index (χ1v) is 5.39. The Morgan fingerprint density at radius 1 is 1.38 bits per heavy atom. The molecule has 1 aliphatic heterocycles. The van der Waals surface area contributed by atoms with Gasteiger partial charge in [0.2, 0.25) is 0 Å². The van der Waals surface area contributed by atoms with E-state index < -0.39 is 0 Å². The molecule has 0 radical (unpaired) electrons. The van der Waals surface area contributed by atoms with E-state index in [1.807, 2.05) is 6.92 Å². The molecule has 1 fully saturated rings. The van der Waals surface area contributed by atoms with Crippen LogP contribution in [0.4, 0.5) is 0 Å². The summed E-state index contributed by atoms with van der Waals surface area (Å²) in [5, 5.41) is 4.14. The lowest BCUT2D eigenvalue weighted by atomic mass is 10.1. The number of aryl methyl sites for hydroxylation is 2. The first-order valence-electron chi connectivity index (χ1n) is 5.39. The Morgan fingerprint density at radius 3 is 2.50 bits per heavy atom. The van der Waals surface area contributed by atoms with Crippen LogP contribution in [0, 0.1) is 6.92 Å². The van der Waals surface area contributed by atoms with Gasteiger partial charge in [-0.15, -0.1) is 0 Å². The number of hydrogen-bond acceptors (Lipinski definition) is 3. The summed E-state index contributed by atoms with van der Waals surface area (Å²) >= 11 is 0. The zero-order chi connectivity index (χ0) is 11.7. The molecule has 1 aliphatic rings. The molecule has 1 aromatic heterocycles. The molecule has 0 bridgehead atoms. The Hall–Kier alpha value is -1.65. The molecule has 1 saturated heterocycles. The highest BCUT2D eigenvalue weighted by Crippen LogP contribution is 2.13. The number of carbonyl (C=O) groups excluding carboxylic acids is 2. The van der Waals surface area contributed by atoms with E-state index in [0.29, 0.717) is 31.5 Å². The largest absolute Gasteiger partial charge is 0.338 e. The van der Waals surface area contributed by atoms with E-state index in [4.69, 9.17) is 0 Å². The van der Waals surface area contributed by atoms with E-state index in [2.05, 4.69) is 5.10 Å². The fourth-order valence-corrected chi connectivity index (χ4v) is 1.94. The molecule has 0 aliphatic carbocycles. The van der Waals surface area contributed by atoms with Crippen molar-refractivity contribution < 1.29 is 9.59 Å². The van der Waals surface area contributed by atoms with Crippen LogP contribution in [0.1, 0.15) is 28.9 Å². The fourth-order valence-electron chi connectivity index (χ4n) is 1.94. The van der Waals surface area contributed by atoms with E-state index in [0.717, 1.165) is 5.69 Å². The van der Waals surface area contributed by atoms with E-state index in [1.165, 1.54) is 0 Å². The van der Waals surface area contributed by atoms with Crippen molar-refractivity contribution in [1.29, 1.82) is 0 Å². The number of rotatable bonds is 1. The van der Waals surface area contributed by atoms with E-state index in [1.54, 1.807) is 22.8 Å². The molecule has 1 aromatic rings. The summed E-state index contributed by atoms with van der Waals surface area (Å²) in [4.78, 5) is 24.9. The van der Waals surface area contributed by atoms with Gasteiger partial charge in [-0.25, -0.2) is 0 Å². The average molecular weight is 221 g/mol. The van der Waals surface area contributed by atoms with Crippen molar-refractivity contribution in [2.45, 2.75) is 19.8 Å². The molecular formula is C11H15N3O2. The summed E-state index contributed by atoms with van der Waals surface area (Å²) < 4.78 is 1.64. The van der Waals surface area contributed by atoms with E-state index in [-0.39, 0.29) is 11.7 Å². The topological polar surface area (TPSA) is 55.2 Å². The van der Waals surface area contributed by atoms with Crippen LogP contribution in [0.15, 0.2) is 6.20 Å². The molecule has 5 heteroatoms. The number of ketones is 1. The molecule has 2 rings (SSSR count). The highest BCUT2D eigenvalue weighted by Gasteiger charge is 2.23. The summed E-state index contributed by atoms with van der Waals surface area (Å²) in [5.74, 6) is 0.227. The SMILES string of the molecule is Cc1nn(C)cc1C(=O)N1CCC(=O)CC1. The predicted molar refractivity (Wildman–Crippen MR) is 58.1 cm³/mol. The van der Waals surface area contributed by atoms with Crippen molar-refractivity contribution in [1.82, 2.24) is 14.7 Å². The number of aromatic nitrogens is 2. The molecule has 16 heavy (non-hydrogen) atoms. The molecule has 5 nitrogen and oxygen atoms in total. The number of hydrogen-bond donors (Lipinski definition) is 0. The standard InChI is InChI=1S/C11H15N3O2/c1-8-10(7-13(2)12-8)11(16)14-5-3-9(15)4-6-14/h7H,3-6H2,1-2H3. The summed E-state index contributed by atoms with van der Waals surface area (Å²) in [6.07, 6.45) is 2.68. The van der Waals surface area contributed by atoms with Crippen molar-refractivity contribution in [2.75, 3.05) is 13.1 Å². The van der Waals surface area contributed by atoms with Crippen molar-refractivity contribution in [3.8, 4) is 0 Å². The Kier molecular flexibility index (Phi) is 2.77. The Balaban J connectivity index is 2.13. The normalized spacial score (nSPS) is 16.6. The highest BCUT2D eigenvalue weighted by atomic mass is 16.2. The Morgan fingerprint density at radius 2 is 2.00 bits per heavy atom. The van der Waals surface area contributed by atoms with Crippen LogP contribution < -0.4 is 0 Å². The van der Waals surface area contributed by atoms with Crippen molar-refractivity contribution in [3.05, 3.63) is 17.5 Å². The third-order valence-corrected chi connectivity index (χ3v) is 2.85. The minimum absolute atomic E-state index is 0.0156. The number of Topliss-reactive ketones (excluding diaryl/α,β-unsaturated/α-hetero) is 1. The molecule has 0 saturated carbocycles. The van der Waals surface area contributed by atoms with Crippen LogP contribution in [0.25, 0.3) is 0 Å². The van der Waals surface area contributed by atoms with Crippen LogP contribution >= 0.6 is 0 Å². The fraction of sp³-hybridized carbons (Fsp3) is 0.545. The summed E-state index contributed by atoms with van der Waals surface area (Å²) in [5.41, 5.74) is 1.38. The second kappa shape index (κ2) is 4.08. The maximum atomic E-state index is 12.1. The average Bonchev–Trinajstić information content (AvgIpc) is 2.58. The van der Waals surface area contributed by atoms with Gasteiger partial charge in [-0.05, 0) is 6.92 Å². The molecule has 0 spiro atoms. The molecule has 0 unspecified atom stereocenters. The monoisotopic (exact) mass is 221 g/mol. The van der Waals surface area contributed by atoms with Gasteiger partial charge in [0.15, 0.2) is 0 Å². The number of piperidine rings is 1. The van der Waals surface area contributed by atoms with Gasteiger partial charge in [0.05, 0.1) is 11.3 Å². The van der Waals surface area contributed by atoms with Gasteiger partial charge in [-0.1, -0.05) is 0 Å². The number of carbonyl (C=O) groups is 2. The second-order valence-electron chi connectivity index (χ2n) is 4.13. The lowest BCUT2D eigenvalue weighted by Gasteiger charge is -2.25. The zero-order valence-electron chi connectivity index (χ0n) is 9.56. The van der Waals surface area contributed by atoms with Gasteiger partial charge in [0, 0.05) is 39.2 Å². The molecule has 0 aromatic carbocycles. The predicted octanol–water partition coefficient (Wildman–Crippen LogP) is 0.534. The van der Waals surface area contributed by atoms with Crippen LogP contribution in [0.5, 0.6) is 0 Å². The summed E-state index contributed by atoms with van der Waals surface area (Å²) in [6.45, 7) is 2.89. The Bertz CT molecular complexity index is 426. The van der Waals surface area contributed by atoms with E-state index >= 15 is 0 Å². The van der Waals surface area contributed by atoms with Crippen LogP contribution in [0.2, 0.25) is 0 Å². The van der Waals surface area contributed by atoms with Crippen LogP contribution in [-0.4, -0.2) is 39.5 Å². The maximum Gasteiger partial charge on any atom is 0.257 e. The minimum Gasteiger partial charge on any atom is -0.338 e. The first-order chi connectivity index (χ1) is 7.58. The Labute approximate surface area is 94.0 Å². The molecule has 1 amide bonds. The van der Waals surface area contributed by atoms with Gasteiger partial charge in [0.1, 0.15) is 5.78 Å². The van der Waals surface area contributed by atoms with Crippen molar-refractivity contribution in [3.63, 3.8) is 0 Å². The van der Waals surface area contributed by atoms with Gasteiger partial charge in [-0.2, -0.15) is 5.10 Å². The van der Waals surface area contributed by atoms with Crippen molar-refractivity contribution in [2.24, 2.45) is 7.05 Å². The van der Waals surface area contributed by atoms with E-state index in [9.17, 15) is 9.59 Å². The smallest absolute Gasteiger partial charge is 0.257 e. The summed E-state index contributed by atoms with van der Waals surface area (Å²) in [7, 11) is 1.80. The zero-order valence-corrected chi connectivity index (χ0v) is 9.56. The second-order valence-corrected chi connectivity index (χ2v) is 4.13. The molecule has 0 N–H and O–H groups in total. The van der Waals surface area contributed by atoms with Crippen molar-refractivity contribution >= 4 is 11.7 Å². The third-order valence-electron chi connectivity index (χ3n) is 2.85. The van der Waals surface area contributed by atoms with Crippen LogP contribution in [0.3, 0.4) is 0 Å². The van der Waals surface area contributed by atoms with Gasteiger partial charge in [-0.3, -0.25) is 14.3 Å². The van der Waals surface area contributed by atoms with Crippen LogP contribution in [-0.2, 0) is 11.8 Å². The number of amides is 1. The van der Waals surface area contributed by atoms with Gasteiger partial charge >= 0.3 is 0 Å². The number of likely N-dealkylation sites (tertiary alicyclic amines) is 1.